The number of halogens is 2. The molecule has 0 saturated carbocycles. The van der Waals surface area contributed by atoms with E-state index in [1.807, 2.05) is 31.3 Å². The molecule has 26 heavy (non-hydrogen) atoms. The quantitative estimate of drug-likeness (QED) is 0.628. The van der Waals surface area contributed by atoms with Gasteiger partial charge in [0.25, 0.3) is 5.91 Å². The highest BCUT2D eigenvalue weighted by Gasteiger charge is 2.10. The summed E-state index contributed by atoms with van der Waals surface area (Å²) in [5, 5.41) is 7.65. The van der Waals surface area contributed by atoms with Gasteiger partial charge in [0.05, 0.1) is 22.9 Å². The van der Waals surface area contributed by atoms with Crippen molar-refractivity contribution in [3.05, 3.63) is 81.0 Å². The van der Waals surface area contributed by atoms with Crippen molar-refractivity contribution < 1.29 is 9.53 Å². The second-order valence-electron chi connectivity index (χ2n) is 5.69. The second kappa shape index (κ2) is 8.38. The van der Waals surface area contributed by atoms with Gasteiger partial charge >= 0.3 is 0 Å². The van der Waals surface area contributed by atoms with E-state index in [2.05, 4.69) is 26.3 Å². The van der Waals surface area contributed by atoms with E-state index in [4.69, 9.17) is 16.3 Å². The van der Waals surface area contributed by atoms with Crippen LogP contribution < -0.4 is 10.1 Å². The van der Waals surface area contributed by atoms with Crippen LogP contribution in [0.15, 0.2) is 59.2 Å². The van der Waals surface area contributed by atoms with Crippen LogP contribution in [0.2, 0.25) is 5.02 Å². The summed E-state index contributed by atoms with van der Waals surface area (Å²) < 4.78 is 8.29. The number of carbonyl (C=O) groups excluding carboxylic acids is 1. The molecule has 0 radical (unpaired) electrons. The maximum absolute atomic E-state index is 12.3. The third-order valence-corrected chi connectivity index (χ3v) is 4.74. The molecule has 1 heterocycles. The predicted octanol–water partition coefficient (Wildman–Crippen LogP) is 4.35. The number of nitrogens with one attached hydrogen (secondary N) is 1. The van der Waals surface area contributed by atoms with E-state index in [1.54, 1.807) is 35.1 Å². The Labute approximate surface area is 165 Å². The first-order valence-electron chi connectivity index (χ1n) is 7.95. The van der Waals surface area contributed by atoms with Crippen molar-refractivity contribution >= 4 is 33.4 Å². The molecule has 3 rings (SSSR count). The Morgan fingerprint density at radius 1 is 1.27 bits per heavy atom. The van der Waals surface area contributed by atoms with Crippen LogP contribution in [0.1, 0.15) is 21.6 Å². The third kappa shape index (κ3) is 4.65. The summed E-state index contributed by atoms with van der Waals surface area (Å²) in [6.45, 7) is 0.805. The molecule has 3 aromatic rings. The highest BCUT2D eigenvalue weighted by molar-refractivity contribution is 9.10. The topological polar surface area (TPSA) is 56.2 Å². The standard InChI is InChI=1S/C19H17BrClN3O2/c1-24-18(17(20)10-23-24)11-22-19(25)14-7-5-13(6-8-14)12-26-16-4-2-3-15(21)9-16/h2-10H,11-12H2,1H3,(H,22,25). The minimum atomic E-state index is -0.139. The normalized spacial score (nSPS) is 10.6. The van der Waals surface area contributed by atoms with E-state index in [1.165, 1.54) is 0 Å². The van der Waals surface area contributed by atoms with Crippen LogP contribution in [0.5, 0.6) is 5.75 Å². The van der Waals surface area contributed by atoms with Gasteiger partial charge in [-0.25, -0.2) is 0 Å². The Balaban J connectivity index is 1.56. The Bertz CT molecular complexity index is 890. The van der Waals surface area contributed by atoms with Gasteiger partial charge in [-0.1, -0.05) is 29.8 Å². The smallest absolute Gasteiger partial charge is 0.251 e. The Morgan fingerprint density at radius 2 is 2.04 bits per heavy atom. The van der Waals surface area contributed by atoms with E-state index in [9.17, 15) is 4.79 Å². The van der Waals surface area contributed by atoms with Crippen LogP contribution >= 0.6 is 27.5 Å². The number of amides is 1. The molecule has 1 N–H and O–H groups in total. The summed E-state index contributed by atoms with van der Waals surface area (Å²) in [4.78, 5) is 12.3. The first-order chi connectivity index (χ1) is 12.5. The summed E-state index contributed by atoms with van der Waals surface area (Å²) >= 11 is 9.35. The molecule has 7 heteroatoms. The molecule has 0 unspecified atom stereocenters. The fourth-order valence-corrected chi connectivity index (χ4v) is 3.05. The number of aryl methyl sites for hydroxylation is 1. The Morgan fingerprint density at radius 3 is 2.69 bits per heavy atom. The van der Waals surface area contributed by atoms with Gasteiger partial charge in [0.15, 0.2) is 0 Å². The molecule has 1 amide bonds. The lowest BCUT2D eigenvalue weighted by atomic mass is 10.1. The van der Waals surface area contributed by atoms with Crippen LogP contribution in [-0.2, 0) is 20.2 Å². The molecule has 1 aromatic heterocycles. The van der Waals surface area contributed by atoms with Crippen molar-refractivity contribution in [1.82, 2.24) is 15.1 Å². The van der Waals surface area contributed by atoms with Gasteiger partial charge in [-0.05, 0) is 51.8 Å². The Kier molecular flexibility index (Phi) is 5.96. The molecule has 5 nitrogen and oxygen atoms in total. The summed E-state index contributed by atoms with van der Waals surface area (Å²) in [5.41, 5.74) is 2.47. The number of aromatic nitrogens is 2. The number of hydrogen-bond donors (Lipinski definition) is 1. The summed E-state index contributed by atoms with van der Waals surface area (Å²) in [6, 6.07) is 14.6. The van der Waals surface area contributed by atoms with E-state index >= 15 is 0 Å². The number of carbonyl (C=O) groups is 1. The second-order valence-corrected chi connectivity index (χ2v) is 6.98. The molecular formula is C19H17BrClN3O2. The monoisotopic (exact) mass is 433 g/mol. The largest absolute Gasteiger partial charge is 0.489 e. The Hall–Kier alpha value is -2.31. The fourth-order valence-electron chi connectivity index (χ4n) is 2.38. The summed E-state index contributed by atoms with van der Waals surface area (Å²) in [7, 11) is 1.83. The van der Waals surface area contributed by atoms with Gasteiger partial charge in [-0.2, -0.15) is 5.10 Å². The zero-order valence-electron chi connectivity index (χ0n) is 14.1. The number of hydrogen-bond acceptors (Lipinski definition) is 3. The molecule has 0 saturated heterocycles. The minimum Gasteiger partial charge on any atom is -0.489 e. The van der Waals surface area contributed by atoms with E-state index in [-0.39, 0.29) is 5.91 Å². The van der Waals surface area contributed by atoms with Crippen molar-refractivity contribution in [3.63, 3.8) is 0 Å². The highest BCUT2D eigenvalue weighted by Crippen LogP contribution is 2.19. The molecule has 0 fully saturated rings. The summed E-state index contributed by atoms with van der Waals surface area (Å²) in [6.07, 6.45) is 1.70. The van der Waals surface area contributed by atoms with Crippen LogP contribution in [0.25, 0.3) is 0 Å². The molecule has 134 valence electrons. The maximum atomic E-state index is 12.3. The fraction of sp³-hybridized carbons (Fsp3) is 0.158. The van der Waals surface area contributed by atoms with Crippen molar-refractivity contribution in [2.75, 3.05) is 0 Å². The molecule has 0 aliphatic rings. The van der Waals surface area contributed by atoms with Gasteiger partial charge in [0.1, 0.15) is 12.4 Å². The van der Waals surface area contributed by atoms with Crippen molar-refractivity contribution in [2.24, 2.45) is 7.05 Å². The summed E-state index contributed by atoms with van der Waals surface area (Å²) in [5.74, 6) is 0.571. The van der Waals surface area contributed by atoms with Gasteiger partial charge in [0.2, 0.25) is 0 Å². The molecule has 0 aliphatic carbocycles. The lowest BCUT2D eigenvalue weighted by Gasteiger charge is -2.09. The molecular weight excluding hydrogens is 418 g/mol. The SMILES string of the molecule is Cn1ncc(Br)c1CNC(=O)c1ccc(COc2cccc(Cl)c2)cc1. The van der Waals surface area contributed by atoms with Crippen LogP contribution in [0, 0.1) is 0 Å². The zero-order valence-corrected chi connectivity index (χ0v) is 16.4. The first kappa shape index (κ1) is 18.5. The van der Waals surface area contributed by atoms with E-state index in [0.717, 1.165) is 15.7 Å². The number of ether oxygens (including phenoxy) is 1. The number of nitrogens with zero attached hydrogens (tertiary/aromatic N) is 2. The molecule has 0 atom stereocenters. The van der Waals surface area contributed by atoms with E-state index in [0.29, 0.717) is 29.5 Å². The number of rotatable bonds is 6. The maximum Gasteiger partial charge on any atom is 0.251 e. The lowest BCUT2D eigenvalue weighted by Crippen LogP contribution is -2.24. The lowest BCUT2D eigenvalue weighted by molar-refractivity contribution is 0.0950. The predicted molar refractivity (Wildman–Crippen MR) is 104 cm³/mol. The first-order valence-corrected chi connectivity index (χ1v) is 9.12. The molecule has 0 spiro atoms. The zero-order chi connectivity index (χ0) is 18.5. The molecule has 0 aliphatic heterocycles. The minimum absolute atomic E-state index is 0.139. The average molecular weight is 435 g/mol. The molecule has 0 bridgehead atoms. The van der Waals surface area contributed by atoms with Crippen LogP contribution in [0.4, 0.5) is 0 Å². The van der Waals surface area contributed by atoms with Crippen molar-refractivity contribution in [3.8, 4) is 5.75 Å². The van der Waals surface area contributed by atoms with E-state index < -0.39 is 0 Å². The average Bonchev–Trinajstić information content (AvgIpc) is 2.96. The van der Waals surface area contributed by atoms with Gasteiger partial charge in [-0.3, -0.25) is 9.48 Å². The molecule has 2 aromatic carbocycles. The van der Waals surface area contributed by atoms with Gasteiger partial charge in [-0.15, -0.1) is 0 Å². The van der Waals surface area contributed by atoms with Crippen molar-refractivity contribution in [2.45, 2.75) is 13.2 Å². The van der Waals surface area contributed by atoms with Gasteiger partial charge < -0.3 is 10.1 Å². The van der Waals surface area contributed by atoms with Crippen LogP contribution in [0.3, 0.4) is 0 Å². The third-order valence-electron chi connectivity index (χ3n) is 3.84. The number of benzene rings is 2. The highest BCUT2D eigenvalue weighted by atomic mass is 79.9. The van der Waals surface area contributed by atoms with Crippen LogP contribution in [-0.4, -0.2) is 15.7 Å². The van der Waals surface area contributed by atoms with Crippen molar-refractivity contribution in [1.29, 1.82) is 0 Å². The van der Waals surface area contributed by atoms with Gasteiger partial charge in [0, 0.05) is 17.6 Å².